The maximum absolute atomic E-state index is 12.1. The molecule has 0 spiro atoms. The van der Waals surface area contributed by atoms with Crippen molar-refractivity contribution in [2.45, 2.75) is 6.42 Å². The average Bonchev–Trinajstić information content (AvgIpc) is 3.20. The molecule has 0 aliphatic rings. The largest absolute Gasteiger partial charge is 0.324 e. The van der Waals surface area contributed by atoms with Gasteiger partial charge in [-0.25, -0.2) is 4.98 Å². The molecule has 25 heavy (non-hydrogen) atoms. The van der Waals surface area contributed by atoms with Gasteiger partial charge in [-0.3, -0.25) is 20.2 Å². The highest BCUT2D eigenvalue weighted by molar-refractivity contribution is 7.18. The number of thiophene rings is 1. The van der Waals surface area contributed by atoms with Gasteiger partial charge in [-0.05, 0) is 29.8 Å². The first-order valence-corrected chi connectivity index (χ1v) is 9.25. The summed E-state index contributed by atoms with van der Waals surface area (Å²) >= 11 is 14.2. The average molecular weight is 414 g/mol. The molecule has 3 aromatic rings. The lowest BCUT2D eigenvalue weighted by molar-refractivity contribution is -0.380. The fraction of sp³-hybridized carbons (Fsp3) is 0.0667. The summed E-state index contributed by atoms with van der Waals surface area (Å²) in [6.45, 7) is 0. The molecule has 6 nitrogen and oxygen atoms in total. The summed E-state index contributed by atoms with van der Waals surface area (Å²) in [5.41, 5.74) is 0.865. The lowest BCUT2D eigenvalue weighted by atomic mass is 10.1. The molecule has 128 valence electrons. The number of anilines is 1. The lowest BCUT2D eigenvalue weighted by Crippen LogP contribution is -2.09. The third kappa shape index (κ3) is 4.35. The van der Waals surface area contributed by atoms with Crippen LogP contribution in [0.5, 0.6) is 0 Å². The van der Waals surface area contributed by atoms with Crippen LogP contribution in [0.25, 0.3) is 0 Å². The van der Waals surface area contributed by atoms with Crippen LogP contribution in [-0.2, 0) is 6.42 Å². The quantitative estimate of drug-likeness (QED) is 0.456. The zero-order chi connectivity index (χ0) is 18.0. The number of carbonyl (C=O) groups is 1. The fourth-order valence-electron chi connectivity index (χ4n) is 2.02. The minimum Gasteiger partial charge on any atom is -0.297 e. The lowest BCUT2D eigenvalue weighted by Gasteiger charge is -2.02. The smallest absolute Gasteiger partial charge is 0.297 e. The van der Waals surface area contributed by atoms with Gasteiger partial charge in [-0.2, -0.15) is 0 Å². The van der Waals surface area contributed by atoms with Gasteiger partial charge in [0.25, 0.3) is 5.91 Å². The van der Waals surface area contributed by atoms with E-state index in [-0.39, 0.29) is 9.88 Å². The molecule has 2 aromatic heterocycles. The van der Waals surface area contributed by atoms with E-state index in [0.717, 1.165) is 21.8 Å². The zero-order valence-electron chi connectivity index (χ0n) is 12.4. The molecule has 3 rings (SSSR count). The predicted octanol–water partition coefficient (Wildman–Crippen LogP) is 5.26. The third-order valence-electron chi connectivity index (χ3n) is 3.14. The number of carbonyl (C=O) groups excluding carboxylic acids is 1. The molecule has 0 saturated heterocycles. The summed E-state index contributed by atoms with van der Waals surface area (Å²) in [6.07, 6.45) is 2.19. The Morgan fingerprint density at radius 2 is 2.04 bits per heavy atom. The van der Waals surface area contributed by atoms with Crippen LogP contribution in [0.2, 0.25) is 10.0 Å². The highest BCUT2D eigenvalue weighted by Crippen LogP contribution is 2.28. The number of aromatic nitrogens is 1. The fourth-order valence-corrected chi connectivity index (χ4v) is 3.95. The minimum atomic E-state index is -0.530. The van der Waals surface area contributed by atoms with Gasteiger partial charge in [0.15, 0.2) is 5.13 Å². The Bertz CT molecular complexity index is 955. The van der Waals surface area contributed by atoms with Crippen LogP contribution in [0, 0.1) is 10.1 Å². The van der Waals surface area contributed by atoms with Crippen LogP contribution < -0.4 is 5.32 Å². The highest BCUT2D eigenvalue weighted by atomic mass is 35.5. The van der Waals surface area contributed by atoms with E-state index in [4.69, 9.17) is 23.2 Å². The van der Waals surface area contributed by atoms with Crippen molar-refractivity contribution in [2.75, 3.05) is 5.32 Å². The molecule has 0 bridgehead atoms. The number of hydrogen-bond donors (Lipinski definition) is 1. The molecule has 1 aromatic carbocycles. The maximum Gasteiger partial charge on any atom is 0.324 e. The van der Waals surface area contributed by atoms with Crippen molar-refractivity contribution in [3.8, 4) is 0 Å². The Labute approximate surface area is 160 Å². The first-order valence-electron chi connectivity index (χ1n) is 6.86. The van der Waals surface area contributed by atoms with Gasteiger partial charge in [-0.15, -0.1) is 11.3 Å². The normalized spacial score (nSPS) is 10.6. The minimum absolute atomic E-state index is 0.0828. The van der Waals surface area contributed by atoms with Crippen molar-refractivity contribution in [1.29, 1.82) is 0 Å². The number of thiazole rings is 1. The second kappa shape index (κ2) is 7.49. The SMILES string of the molecule is O=C(Nc1ncc(Cc2cc(Cl)ccc2Cl)s1)c1ccc([N+](=O)[O-])s1. The Morgan fingerprint density at radius 1 is 1.24 bits per heavy atom. The monoisotopic (exact) mass is 413 g/mol. The Morgan fingerprint density at radius 3 is 2.76 bits per heavy atom. The molecule has 1 amide bonds. The number of rotatable bonds is 5. The van der Waals surface area contributed by atoms with Gasteiger partial charge >= 0.3 is 5.00 Å². The number of nitrogens with zero attached hydrogens (tertiary/aromatic N) is 2. The first-order chi connectivity index (χ1) is 11.9. The molecule has 0 atom stereocenters. The number of benzene rings is 1. The second-order valence-corrected chi connectivity index (χ2v) is 7.91. The van der Waals surface area contributed by atoms with E-state index in [1.54, 1.807) is 24.4 Å². The number of nitrogens with one attached hydrogen (secondary N) is 1. The van der Waals surface area contributed by atoms with E-state index in [9.17, 15) is 14.9 Å². The van der Waals surface area contributed by atoms with Gasteiger partial charge in [0.2, 0.25) is 0 Å². The van der Waals surface area contributed by atoms with E-state index in [0.29, 0.717) is 21.6 Å². The summed E-state index contributed by atoms with van der Waals surface area (Å²) in [6, 6.07) is 7.94. The van der Waals surface area contributed by atoms with Crippen molar-refractivity contribution in [1.82, 2.24) is 4.98 Å². The summed E-state index contributed by atoms with van der Waals surface area (Å²) in [5.74, 6) is -0.431. The van der Waals surface area contributed by atoms with Gasteiger partial charge in [0.05, 0.1) is 9.80 Å². The van der Waals surface area contributed by atoms with Crippen molar-refractivity contribution in [3.63, 3.8) is 0 Å². The van der Waals surface area contributed by atoms with Crippen LogP contribution in [0.4, 0.5) is 10.1 Å². The molecule has 0 radical (unpaired) electrons. The van der Waals surface area contributed by atoms with Crippen molar-refractivity contribution in [2.24, 2.45) is 0 Å². The van der Waals surface area contributed by atoms with E-state index in [2.05, 4.69) is 10.3 Å². The van der Waals surface area contributed by atoms with Crippen LogP contribution in [-0.4, -0.2) is 15.8 Å². The van der Waals surface area contributed by atoms with Crippen molar-refractivity contribution < 1.29 is 9.72 Å². The van der Waals surface area contributed by atoms with Gasteiger partial charge in [-0.1, -0.05) is 34.5 Å². The maximum atomic E-state index is 12.1. The van der Waals surface area contributed by atoms with Crippen molar-refractivity contribution >= 4 is 61.9 Å². The third-order valence-corrected chi connectivity index (χ3v) is 5.69. The van der Waals surface area contributed by atoms with E-state index in [1.807, 2.05) is 0 Å². The Balaban J connectivity index is 1.69. The highest BCUT2D eigenvalue weighted by Gasteiger charge is 2.16. The number of halogens is 2. The Kier molecular flexibility index (Phi) is 5.33. The van der Waals surface area contributed by atoms with Gasteiger partial charge < -0.3 is 0 Å². The number of hydrogen-bond acceptors (Lipinski definition) is 6. The van der Waals surface area contributed by atoms with Crippen LogP contribution in [0.1, 0.15) is 20.1 Å². The molecule has 0 aliphatic carbocycles. The molecular formula is C15H9Cl2N3O3S2. The Hall–Kier alpha value is -2.00. The second-order valence-electron chi connectivity index (χ2n) is 4.89. The molecule has 2 heterocycles. The molecular weight excluding hydrogens is 405 g/mol. The standard InChI is InChI=1S/C15H9Cl2N3O3S2/c16-9-1-2-11(17)8(5-9)6-10-7-18-15(24-10)19-14(21)12-3-4-13(25-12)20(22)23/h1-5,7H,6H2,(H,18,19,21). The van der Waals surface area contributed by atoms with Gasteiger partial charge in [0, 0.05) is 33.6 Å². The molecule has 0 aliphatic heterocycles. The van der Waals surface area contributed by atoms with E-state index < -0.39 is 10.8 Å². The molecule has 1 N–H and O–H groups in total. The van der Waals surface area contributed by atoms with Crippen LogP contribution in [0.15, 0.2) is 36.5 Å². The molecule has 10 heteroatoms. The summed E-state index contributed by atoms with van der Waals surface area (Å²) < 4.78 is 0. The first kappa shape index (κ1) is 17.8. The van der Waals surface area contributed by atoms with Gasteiger partial charge in [0.1, 0.15) is 0 Å². The van der Waals surface area contributed by atoms with E-state index in [1.165, 1.54) is 23.5 Å². The number of amides is 1. The van der Waals surface area contributed by atoms with E-state index >= 15 is 0 Å². The predicted molar refractivity (Wildman–Crippen MR) is 100 cm³/mol. The van der Waals surface area contributed by atoms with Crippen molar-refractivity contribution in [3.05, 3.63) is 72.0 Å². The summed E-state index contributed by atoms with van der Waals surface area (Å²) in [7, 11) is 0. The summed E-state index contributed by atoms with van der Waals surface area (Å²) in [4.78, 5) is 27.6. The topological polar surface area (TPSA) is 85.1 Å². The zero-order valence-corrected chi connectivity index (χ0v) is 15.5. The summed E-state index contributed by atoms with van der Waals surface area (Å²) in [5, 5.41) is 14.8. The molecule has 0 saturated carbocycles. The number of nitro groups is 1. The van der Waals surface area contributed by atoms with Crippen LogP contribution in [0.3, 0.4) is 0 Å². The molecule has 0 unspecified atom stereocenters. The molecule has 0 fully saturated rings. The van der Waals surface area contributed by atoms with Crippen LogP contribution >= 0.6 is 45.9 Å².